The molecule has 2 aromatic rings. The van der Waals surface area contributed by atoms with Gasteiger partial charge in [0.1, 0.15) is 11.0 Å². The van der Waals surface area contributed by atoms with Crippen LogP contribution in [0.15, 0.2) is 45.4 Å². The molecule has 1 atom stereocenters. The summed E-state index contributed by atoms with van der Waals surface area (Å²) in [5.74, 6) is -2.53. The van der Waals surface area contributed by atoms with Gasteiger partial charge in [-0.3, -0.25) is 0 Å². The van der Waals surface area contributed by atoms with Crippen molar-refractivity contribution in [1.29, 1.82) is 0 Å². The van der Waals surface area contributed by atoms with Crippen molar-refractivity contribution in [3.63, 3.8) is 0 Å². The van der Waals surface area contributed by atoms with E-state index in [0.29, 0.717) is 28.0 Å². The number of nitrogens with zero attached hydrogens (tertiary/aromatic N) is 3. The Kier molecular flexibility index (Phi) is 4.73. The van der Waals surface area contributed by atoms with E-state index in [1.807, 2.05) is 18.7 Å². The van der Waals surface area contributed by atoms with Crippen LogP contribution in [0, 0.1) is 0 Å². The van der Waals surface area contributed by atoms with Gasteiger partial charge in [-0.1, -0.05) is 12.1 Å². The van der Waals surface area contributed by atoms with Crippen molar-refractivity contribution in [3.05, 3.63) is 46.3 Å². The van der Waals surface area contributed by atoms with Crippen LogP contribution in [0.25, 0.3) is 11.0 Å². The molecule has 0 saturated heterocycles. The molecule has 1 aromatic heterocycles. The number of rotatable bonds is 4. The molecule has 2 heterocycles. The molecule has 0 bridgehead atoms. The summed E-state index contributed by atoms with van der Waals surface area (Å²) in [5, 5.41) is 17.7. The van der Waals surface area contributed by atoms with Gasteiger partial charge in [0, 0.05) is 17.4 Å². The third-order valence-corrected chi connectivity index (χ3v) is 4.86. The first-order valence-electron chi connectivity index (χ1n) is 8.53. The average molecular weight is 371 g/mol. The number of benzene rings is 1. The summed E-state index contributed by atoms with van der Waals surface area (Å²) in [6, 6.07) is 5.14. The van der Waals surface area contributed by atoms with Crippen molar-refractivity contribution >= 4 is 23.0 Å². The molecule has 27 heavy (non-hydrogen) atoms. The summed E-state index contributed by atoms with van der Waals surface area (Å²) in [5.41, 5.74) is 3.03. The second-order valence-electron chi connectivity index (χ2n) is 6.67. The first-order chi connectivity index (χ1) is 12.8. The van der Waals surface area contributed by atoms with Crippen LogP contribution in [0.3, 0.4) is 0 Å². The fourth-order valence-electron chi connectivity index (χ4n) is 3.87. The first-order valence-corrected chi connectivity index (χ1v) is 8.53. The number of esters is 1. The van der Waals surface area contributed by atoms with Gasteiger partial charge < -0.3 is 14.7 Å². The van der Waals surface area contributed by atoms with Crippen LogP contribution in [-0.4, -0.2) is 45.4 Å². The highest BCUT2D eigenvalue weighted by Gasteiger charge is 2.41. The summed E-state index contributed by atoms with van der Waals surface area (Å²) in [6.45, 7) is 7.41. The van der Waals surface area contributed by atoms with Crippen LogP contribution >= 0.6 is 0 Å². The van der Waals surface area contributed by atoms with Crippen molar-refractivity contribution in [2.75, 3.05) is 7.11 Å². The Labute approximate surface area is 156 Å². The van der Waals surface area contributed by atoms with Gasteiger partial charge in [0.2, 0.25) is 0 Å². The molecular weight excluding hydrogens is 350 g/mol. The highest BCUT2D eigenvalue weighted by molar-refractivity contribution is 6.00. The van der Waals surface area contributed by atoms with Crippen molar-refractivity contribution in [3.8, 4) is 0 Å². The van der Waals surface area contributed by atoms with Crippen molar-refractivity contribution in [2.45, 2.75) is 39.7 Å². The van der Waals surface area contributed by atoms with E-state index in [0.717, 1.165) is 0 Å². The second-order valence-corrected chi connectivity index (χ2v) is 6.67. The molecule has 0 radical (unpaired) electrons. The van der Waals surface area contributed by atoms with Crippen molar-refractivity contribution < 1.29 is 24.1 Å². The number of allylic oxidation sites excluding steroid dienone is 2. The fourth-order valence-corrected chi connectivity index (χ4v) is 3.87. The molecule has 1 aromatic carbocycles. The highest BCUT2D eigenvalue weighted by Crippen LogP contribution is 2.44. The molecule has 1 unspecified atom stereocenters. The topological polar surface area (TPSA) is 106 Å². The highest BCUT2D eigenvalue weighted by atomic mass is 16.6. The number of aliphatic carboxylic acids is 1. The zero-order chi connectivity index (χ0) is 19.9. The Morgan fingerprint density at radius 1 is 1.19 bits per heavy atom. The number of carboxylic acids is 1. The quantitative estimate of drug-likeness (QED) is 0.818. The third-order valence-electron chi connectivity index (χ3n) is 4.86. The van der Waals surface area contributed by atoms with Gasteiger partial charge in [0.05, 0.1) is 24.2 Å². The Bertz CT molecular complexity index is 986. The van der Waals surface area contributed by atoms with E-state index < -0.39 is 17.9 Å². The van der Waals surface area contributed by atoms with Crippen LogP contribution < -0.4 is 0 Å². The molecule has 8 heteroatoms. The van der Waals surface area contributed by atoms with Gasteiger partial charge in [0.25, 0.3) is 0 Å². The number of carbonyl (C=O) groups is 2. The summed E-state index contributed by atoms with van der Waals surface area (Å²) in [6.07, 6.45) is 0. The normalized spacial score (nSPS) is 17.9. The number of ether oxygens (including phenoxy) is 1. The molecule has 142 valence electrons. The van der Waals surface area contributed by atoms with Crippen LogP contribution in [0.5, 0.6) is 0 Å². The number of fused-ring (bicyclic) bond motifs is 1. The maximum absolute atomic E-state index is 12.7. The molecule has 1 aliphatic rings. The minimum atomic E-state index is -1.11. The van der Waals surface area contributed by atoms with Crippen molar-refractivity contribution in [1.82, 2.24) is 15.2 Å². The minimum Gasteiger partial charge on any atom is -0.478 e. The maximum atomic E-state index is 12.7. The van der Waals surface area contributed by atoms with Crippen LogP contribution in [0.2, 0.25) is 0 Å². The molecule has 0 saturated carbocycles. The van der Waals surface area contributed by atoms with E-state index >= 15 is 0 Å². The lowest BCUT2D eigenvalue weighted by Gasteiger charge is -2.39. The minimum absolute atomic E-state index is 0.0375. The molecule has 8 nitrogen and oxygen atoms in total. The van der Waals surface area contributed by atoms with E-state index in [-0.39, 0.29) is 17.2 Å². The van der Waals surface area contributed by atoms with Crippen molar-refractivity contribution in [2.24, 2.45) is 0 Å². The second kappa shape index (κ2) is 6.86. The average Bonchev–Trinajstić information content (AvgIpc) is 3.08. The number of carboxylic acid groups (broad SMARTS) is 1. The molecule has 0 amide bonds. The predicted octanol–water partition coefficient (Wildman–Crippen LogP) is 2.84. The largest absolute Gasteiger partial charge is 0.478 e. The molecule has 1 N–H and O–H groups in total. The Hall–Kier alpha value is -3.16. The van der Waals surface area contributed by atoms with Gasteiger partial charge >= 0.3 is 11.9 Å². The molecule has 0 fully saturated rings. The zero-order valence-corrected chi connectivity index (χ0v) is 15.8. The van der Waals surface area contributed by atoms with Gasteiger partial charge in [-0.15, -0.1) is 0 Å². The SMILES string of the molecule is COC(=O)C1=C(C)N(C(C)C)C(C)=C(C(=O)O)C1c1cccc2nonc12. The van der Waals surface area contributed by atoms with E-state index in [9.17, 15) is 14.7 Å². The van der Waals surface area contributed by atoms with Gasteiger partial charge in [-0.2, -0.15) is 0 Å². The monoisotopic (exact) mass is 371 g/mol. The van der Waals surface area contributed by atoms with E-state index in [1.54, 1.807) is 32.0 Å². The van der Waals surface area contributed by atoms with Crippen LogP contribution in [-0.2, 0) is 14.3 Å². The lowest BCUT2D eigenvalue weighted by Crippen LogP contribution is -2.38. The smallest absolute Gasteiger partial charge is 0.336 e. The maximum Gasteiger partial charge on any atom is 0.336 e. The third kappa shape index (κ3) is 2.87. The molecular formula is C19H21N3O5. The number of hydrogen-bond donors (Lipinski definition) is 1. The summed E-state index contributed by atoms with van der Waals surface area (Å²) in [4.78, 5) is 26.8. The number of aromatic nitrogens is 2. The Morgan fingerprint density at radius 3 is 2.44 bits per heavy atom. The summed E-state index contributed by atoms with van der Waals surface area (Å²) < 4.78 is 9.82. The number of methoxy groups -OCH3 is 1. The molecule has 0 aliphatic carbocycles. The lowest BCUT2D eigenvalue weighted by molar-refractivity contribution is -0.136. The standard InChI is InChI=1S/C19H21N3O5/c1-9(2)22-10(3)14(18(23)24)16(15(11(22)4)19(25)26-5)12-7-6-8-13-17(12)21-27-20-13/h6-9,16H,1-5H3,(H,23,24). The number of hydrogen-bond acceptors (Lipinski definition) is 7. The Balaban J connectivity index is 2.38. The summed E-state index contributed by atoms with van der Waals surface area (Å²) in [7, 11) is 1.28. The first kappa shape index (κ1) is 18.6. The van der Waals surface area contributed by atoms with Crippen LogP contribution in [0.1, 0.15) is 39.2 Å². The van der Waals surface area contributed by atoms with Gasteiger partial charge in [-0.05, 0) is 49.6 Å². The number of carbonyl (C=O) groups excluding carboxylic acids is 1. The molecule has 3 rings (SSSR count). The molecule has 1 aliphatic heterocycles. The van der Waals surface area contributed by atoms with E-state index in [4.69, 9.17) is 9.37 Å². The summed E-state index contributed by atoms with van der Waals surface area (Å²) >= 11 is 0. The lowest BCUT2D eigenvalue weighted by atomic mass is 9.79. The fraction of sp³-hybridized carbons (Fsp3) is 0.368. The van der Waals surface area contributed by atoms with E-state index in [1.165, 1.54) is 7.11 Å². The predicted molar refractivity (Wildman–Crippen MR) is 96.6 cm³/mol. The van der Waals surface area contributed by atoms with E-state index in [2.05, 4.69) is 10.3 Å². The molecule has 0 spiro atoms. The van der Waals surface area contributed by atoms with Gasteiger partial charge in [0.15, 0.2) is 0 Å². The Morgan fingerprint density at radius 2 is 1.85 bits per heavy atom. The van der Waals surface area contributed by atoms with Gasteiger partial charge in [-0.25, -0.2) is 14.2 Å². The zero-order valence-electron chi connectivity index (χ0n) is 15.8. The van der Waals surface area contributed by atoms with Crippen LogP contribution in [0.4, 0.5) is 0 Å².